The van der Waals surface area contributed by atoms with E-state index < -0.39 is 58.9 Å². The van der Waals surface area contributed by atoms with Gasteiger partial charge in [0.05, 0.1) is 19.7 Å². The van der Waals surface area contributed by atoms with Gasteiger partial charge in [-0.15, -0.1) is 0 Å². The number of ketones is 1. The summed E-state index contributed by atoms with van der Waals surface area (Å²) in [5, 5.41) is 8.61. The summed E-state index contributed by atoms with van der Waals surface area (Å²) in [4.78, 5) is 88.2. The van der Waals surface area contributed by atoms with Gasteiger partial charge >= 0.3 is 12.1 Å². The van der Waals surface area contributed by atoms with Crippen LogP contribution in [0.4, 0.5) is 4.79 Å². The lowest BCUT2D eigenvalue weighted by atomic mass is 9.89. The summed E-state index contributed by atoms with van der Waals surface area (Å²) in [5.74, 6) is 2.92. The Morgan fingerprint density at radius 2 is 1.53 bits per heavy atom. The molecule has 322 valence electrons. The van der Waals surface area contributed by atoms with Gasteiger partial charge in [-0.25, -0.2) is 15.4 Å². The van der Waals surface area contributed by atoms with Crippen LogP contribution in [0.25, 0.3) is 0 Å². The second-order valence-electron chi connectivity index (χ2n) is 16.9. The summed E-state index contributed by atoms with van der Waals surface area (Å²) in [5.41, 5.74) is 1.95. The summed E-state index contributed by atoms with van der Waals surface area (Å²) < 4.78 is 10.5. The van der Waals surface area contributed by atoms with Crippen molar-refractivity contribution >= 4 is 41.4 Å². The molecule has 0 bridgehead atoms. The van der Waals surface area contributed by atoms with Crippen molar-refractivity contribution in [2.24, 2.45) is 28.6 Å². The third kappa shape index (κ3) is 14.8. The van der Waals surface area contributed by atoms with Crippen LogP contribution in [0.2, 0.25) is 0 Å². The van der Waals surface area contributed by atoms with Crippen LogP contribution in [0, 0.1) is 17.8 Å². The second-order valence-corrected chi connectivity index (χ2v) is 16.9. The Labute approximate surface area is 348 Å². The molecule has 0 radical (unpaired) electrons. The summed E-state index contributed by atoms with van der Waals surface area (Å²) >= 11 is 0. The summed E-state index contributed by atoms with van der Waals surface area (Å²) in [6.45, 7) is 8.83. The number of carbonyl (C=O) groups is 6. The van der Waals surface area contributed by atoms with E-state index in [4.69, 9.17) is 15.3 Å². The number of amides is 4. The molecule has 0 spiro atoms. The van der Waals surface area contributed by atoms with E-state index in [1.165, 1.54) is 12.0 Å². The van der Waals surface area contributed by atoms with E-state index in [0.29, 0.717) is 31.6 Å². The highest BCUT2D eigenvalue weighted by Gasteiger charge is 2.50. The number of hydrogen-bond acceptors (Lipinski definition) is 10. The molecule has 1 aliphatic heterocycles. The highest BCUT2D eigenvalue weighted by Crippen LogP contribution is 2.37. The molecule has 2 fully saturated rings. The lowest BCUT2D eigenvalue weighted by molar-refractivity contribution is -0.148. The fourth-order valence-electron chi connectivity index (χ4n) is 7.26. The second kappa shape index (κ2) is 21.6. The van der Waals surface area contributed by atoms with Crippen molar-refractivity contribution < 1.29 is 38.2 Å². The van der Waals surface area contributed by atoms with Crippen LogP contribution >= 0.6 is 0 Å². The zero-order valence-electron chi connectivity index (χ0n) is 35.4. The molecule has 6 N–H and O–H groups in total. The highest BCUT2D eigenvalue weighted by atomic mass is 16.6. The topological polar surface area (TPSA) is 211 Å². The number of nitrogens with two attached hydrogens (primary N) is 1. The number of carbonyl (C=O) groups excluding carboxylic acids is 6. The molecule has 4 rings (SSSR count). The molecule has 5 atom stereocenters. The van der Waals surface area contributed by atoms with E-state index >= 15 is 0 Å². The fourth-order valence-corrected chi connectivity index (χ4v) is 7.26. The number of methoxy groups -OCH3 is 1. The third-order valence-electron chi connectivity index (χ3n) is 10.7. The molecule has 0 aromatic heterocycles. The maximum absolute atomic E-state index is 14.3. The minimum absolute atomic E-state index is 0.0638. The Hall–Kier alpha value is -5.31. The van der Waals surface area contributed by atoms with Crippen LogP contribution in [0.1, 0.15) is 90.7 Å². The summed E-state index contributed by atoms with van der Waals surface area (Å²) in [6.07, 6.45) is 2.79. The van der Waals surface area contributed by atoms with Gasteiger partial charge < -0.3 is 35.7 Å². The Morgan fingerprint density at radius 1 is 0.915 bits per heavy atom. The van der Waals surface area contributed by atoms with E-state index in [2.05, 4.69) is 26.4 Å². The van der Waals surface area contributed by atoms with Gasteiger partial charge in [-0.2, -0.15) is 0 Å². The molecule has 1 saturated carbocycles. The van der Waals surface area contributed by atoms with Crippen molar-refractivity contribution in [1.82, 2.24) is 26.3 Å². The predicted octanol–water partition coefficient (Wildman–Crippen LogP) is 3.78. The normalized spacial score (nSPS) is 18.8. The number of hydrogen-bond donors (Lipinski definition) is 5. The number of likely N-dealkylation sites (tertiary alicyclic amines) is 1. The fraction of sp³-hybridized carbons (Fsp3) is 0.568. The maximum Gasteiger partial charge on any atom is 0.408 e. The minimum Gasteiger partial charge on any atom is -0.467 e. The van der Waals surface area contributed by atoms with E-state index in [1.807, 2.05) is 67.6 Å². The zero-order valence-corrected chi connectivity index (χ0v) is 35.4. The SMILES string of the molecule is COC(=O)C1(NC(=O)OC(C)(C)C)CCN(C(=O)[C@@H](CCCN=C(C)NN)NC(=O)[C@H](CC(=O)[C@@H](Cc2ccccc2)NC(=O)[C@H](C)Cc2ccccc2)CC2CC2)C1. The molecular weight excluding hydrogens is 755 g/mol. The zero-order chi connectivity index (χ0) is 43.2. The molecule has 15 heteroatoms. The van der Waals surface area contributed by atoms with Crippen molar-refractivity contribution in [1.29, 1.82) is 0 Å². The molecule has 1 unspecified atom stereocenters. The number of ether oxygens (including phenoxy) is 2. The van der Waals surface area contributed by atoms with Crippen LogP contribution in [-0.2, 0) is 46.3 Å². The smallest absolute Gasteiger partial charge is 0.408 e. The summed E-state index contributed by atoms with van der Waals surface area (Å²) in [7, 11) is 1.20. The van der Waals surface area contributed by atoms with Gasteiger partial charge in [0.15, 0.2) is 11.3 Å². The van der Waals surface area contributed by atoms with E-state index in [1.54, 1.807) is 27.7 Å². The number of esters is 1. The van der Waals surface area contributed by atoms with Crippen LogP contribution in [-0.4, -0.2) is 96.3 Å². The van der Waals surface area contributed by atoms with Crippen LogP contribution in [0.15, 0.2) is 65.7 Å². The first-order valence-electron chi connectivity index (χ1n) is 20.6. The monoisotopic (exact) mass is 817 g/mol. The van der Waals surface area contributed by atoms with E-state index in [-0.39, 0.29) is 56.4 Å². The van der Waals surface area contributed by atoms with E-state index in [9.17, 15) is 28.8 Å². The molecule has 4 amide bonds. The van der Waals surface area contributed by atoms with E-state index in [0.717, 1.165) is 24.0 Å². The lowest BCUT2D eigenvalue weighted by Crippen LogP contribution is -2.59. The molecule has 2 aromatic rings. The number of amidine groups is 1. The van der Waals surface area contributed by atoms with Gasteiger partial charge in [0, 0.05) is 37.8 Å². The quantitative estimate of drug-likeness (QED) is 0.0326. The molecule has 1 saturated heterocycles. The first-order chi connectivity index (χ1) is 28.0. The number of nitrogens with zero attached hydrogens (tertiary/aromatic N) is 2. The number of nitrogens with one attached hydrogen (secondary N) is 4. The minimum atomic E-state index is -1.56. The Kier molecular flexibility index (Phi) is 17.0. The highest BCUT2D eigenvalue weighted by molar-refractivity contribution is 5.95. The van der Waals surface area contributed by atoms with Crippen molar-refractivity contribution in [2.75, 3.05) is 26.7 Å². The molecular formula is C44H63N7O8. The molecule has 1 heterocycles. The van der Waals surface area contributed by atoms with Gasteiger partial charge in [0.25, 0.3) is 0 Å². The van der Waals surface area contributed by atoms with Crippen molar-refractivity contribution in [3.63, 3.8) is 0 Å². The van der Waals surface area contributed by atoms with Gasteiger partial charge in [-0.1, -0.05) is 80.4 Å². The summed E-state index contributed by atoms with van der Waals surface area (Å²) in [6, 6.07) is 17.2. The lowest BCUT2D eigenvalue weighted by Gasteiger charge is -2.30. The predicted molar refractivity (Wildman–Crippen MR) is 224 cm³/mol. The van der Waals surface area contributed by atoms with Crippen LogP contribution < -0.4 is 27.2 Å². The van der Waals surface area contributed by atoms with Crippen LogP contribution in [0.3, 0.4) is 0 Å². The number of Topliss-reactive ketones (excluding diaryl/α,β-unsaturated/α-hetero) is 1. The first-order valence-corrected chi connectivity index (χ1v) is 20.6. The average molecular weight is 818 g/mol. The van der Waals surface area contributed by atoms with Gasteiger partial charge in [-0.05, 0) is 76.8 Å². The van der Waals surface area contributed by atoms with Gasteiger partial charge in [-0.3, -0.25) is 24.2 Å². The number of alkyl carbamates (subject to hydrolysis) is 1. The molecule has 15 nitrogen and oxygen atoms in total. The Morgan fingerprint density at radius 3 is 2.10 bits per heavy atom. The molecule has 1 aliphatic carbocycles. The number of rotatable bonds is 20. The van der Waals surface area contributed by atoms with Gasteiger partial charge in [0.2, 0.25) is 17.7 Å². The first kappa shape index (κ1) is 46.4. The number of hydrazine groups is 1. The third-order valence-corrected chi connectivity index (χ3v) is 10.7. The average Bonchev–Trinajstić information content (AvgIpc) is 3.93. The molecule has 2 aliphatic rings. The Balaban J connectivity index is 1.54. The Bertz CT molecular complexity index is 1780. The van der Waals surface area contributed by atoms with Crippen molar-refractivity contribution in [3.8, 4) is 0 Å². The van der Waals surface area contributed by atoms with Crippen molar-refractivity contribution in [3.05, 3.63) is 71.8 Å². The molecule has 2 aromatic carbocycles. The number of aliphatic imine (C=N–C) groups is 1. The largest absolute Gasteiger partial charge is 0.467 e. The number of benzene rings is 2. The van der Waals surface area contributed by atoms with Crippen molar-refractivity contribution in [2.45, 2.75) is 116 Å². The standard InChI is InChI=1S/C44H63N7O8/c1-29(24-31-14-9-7-10-15-31)38(53)48-36(26-32-16-11-8-12-17-32)37(52)27-34(25-33-19-20-33)39(54)47-35(18-13-22-46-30(2)50-45)40(55)51-23-21-44(28-51,41(56)58-6)49-42(57)59-43(3,4)5/h7-12,14-17,29,33-36H,13,18-28,45H2,1-6H3,(H,46,50)(H,47,54)(H,48,53)(H,49,57)/t29-,34+,35-,36-,44?/m1/s1. The van der Waals surface area contributed by atoms with Crippen LogP contribution in [0.5, 0.6) is 0 Å². The van der Waals surface area contributed by atoms with Gasteiger partial charge in [0.1, 0.15) is 17.5 Å². The molecule has 59 heavy (non-hydrogen) atoms. The maximum atomic E-state index is 14.3.